The molecule has 0 radical (unpaired) electrons. The molecule has 0 unspecified atom stereocenters. The molecular weight excluding hydrogens is 186 g/mol. The Hall–Kier alpha value is -1.02. The minimum absolute atomic E-state index is 0.0808. The first-order valence-electron chi connectivity index (χ1n) is 5.74. The number of rotatable bonds is 4. The predicted octanol–water partition coefficient (Wildman–Crippen LogP) is 2.89. The number of hydrogen-bond acceptors (Lipinski definition) is 2. The topological polar surface area (TPSA) is 35.2 Å². The van der Waals surface area contributed by atoms with Crippen molar-refractivity contribution in [3.05, 3.63) is 29.8 Å². The monoisotopic (exact) mass is 205 g/mol. The van der Waals surface area contributed by atoms with Crippen molar-refractivity contribution in [1.82, 2.24) is 0 Å². The SMILES string of the molecule is C[C@H](N)c1cccc(OCC2CCC2)c1. The van der Waals surface area contributed by atoms with Crippen molar-refractivity contribution in [2.45, 2.75) is 32.2 Å². The second kappa shape index (κ2) is 4.67. The molecule has 1 aliphatic carbocycles. The second-order valence-electron chi connectivity index (χ2n) is 4.47. The van der Waals surface area contributed by atoms with Crippen molar-refractivity contribution >= 4 is 0 Å². The molecule has 0 saturated heterocycles. The molecule has 2 N–H and O–H groups in total. The van der Waals surface area contributed by atoms with Crippen LogP contribution in [0.15, 0.2) is 24.3 Å². The average molecular weight is 205 g/mol. The summed E-state index contributed by atoms with van der Waals surface area (Å²) in [4.78, 5) is 0. The number of nitrogens with two attached hydrogens (primary N) is 1. The van der Waals surface area contributed by atoms with Gasteiger partial charge < -0.3 is 10.5 Å². The van der Waals surface area contributed by atoms with Crippen molar-refractivity contribution in [3.63, 3.8) is 0 Å². The van der Waals surface area contributed by atoms with E-state index in [1.54, 1.807) is 0 Å². The van der Waals surface area contributed by atoms with Gasteiger partial charge >= 0.3 is 0 Å². The molecule has 0 amide bonds. The van der Waals surface area contributed by atoms with E-state index in [2.05, 4.69) is 0 Å². The Balaban J connectivity index is 1.92. The average Bonchev–Trinajstić information content (AvgIpc) is 2.16. The van der Waals surface area contributed by atoms with Crippen LogP contribution in [0, 0.1) is 5.92 Å². The van der Waals surface area contributed by atoms with Gasteiger partial charge in [0.25, 0.3) is 0 Å². The van der Waals surface area contributed by atoms with Crippen LogP contribution in [0.3, 0.4) is 0 Å². The molecule has 2 nitrogen and oxygen atoms in total. The molecule has 1 aliphatic rings. The maximum absolute atomic E-state index is 5.82. The molecule has 15 heavy (non-hydrogen) atoms. The lowest BCUT2D eigenvalue weighted by Crippen LogP contribution is -2.19. The zero-order chi connectivity index (χ0) is 10.7. The fourth-order valence-corrected chi connectivity index (χ4v) is 1.76. The van der Waals surface area contributed by atoms with Gasteiger partial charge in [0, 0.05) is 6.04 Å². The maximum Gasteiger partial charge on any atom is 0.119 e. The fraction of sp³-hybridized carbons (Fsp3) is 0.538. The van der Waals surface area contributed by atoms with Crippen LogP contribution in [-0.2, 0) is 0 Å². The molecule has 0 aromatic heterocycles. The highest BCUT2D eigenvalue weighted by molar-refractivity contribution is 5.30. The Labute approximate surface area is 91.4 Å². The van der Waals surface area contributed by atoms with Crippen LogP contribution in [0.25, 0.3) is 0 Å². The zero-order valence-electron chi connectivity index (χ0n) is 9.28. The molecule has 0 aliphatic heterocycles. The van der Waals surface area contributed by atoms with Gasteiger partial charge in [-0.05, 0) is 43.4 Å². The molecule has 0 spiro atoms. The molecule has 1 aromatic rings. The number of hydrogen-bond donors (Lipinski definition) is 1. The highest BCUT2D eigenvalue weighted by Gasteiger charge is 2.17. The lowest BCUT2D eigenvalue weighted by Gasteiger charge is -2.25. The van der Waals surface area contributed by atoms with Crippen LogP contribution >= 0.6 is 0 Å². The summed E-state index contributed by atoms with van der Waals surface area (Å²) in [6.07, 6.45) is 4.02. The first-order chi connectivity index (χ1) is 7.25. The van der Waals surface area contributed by atoms with E-state index in [9.17, 15) is 0 Å². The molecule has 1 atom stereocenters. The van der Waals surface area contributed by atoms with Gasteiger partial charge in [-0.1, -0.05) is 18.6 Å². The van der Waals surface area contributed by atoms with Crippen molar-refractivity contribution in [2.24, 2.45) is 11.7 Å². The van der Waals surface area contributed by atoms with E-state index in [1.807, 2.05) is 31.2 Å². The van der Waals surface area contributed by atoms with Crippen molar-refractivity contribution in [1.29, 1.82) is 0 Å². The van der Waals surface area contributed by atoms with E-state index in [0.29, 0.717) is 0 Å². The molecule has 1 aromatic carbocycles. The van der Waals surface area contributed by atoms with Gasteiger partial charge in [-0.25, -0.2) is 0 Å². The van der Waals surface area contributed by atoms with Crippen LogP contribution in [0.1, 0.15) is 37.8 Å². The van der Waals surface area contributed by atoms with Crippen molar-refractivity contribution < 1.29 is 4.74 Å². The summed E-state index contributed by atoms with van der Waals surface area (Å²) in [6.45, 7) is 2.85. The first-order valence-corrected chi connectivity index (χ1v) is 5.74. The van der Waals surface area contributed by atoms with Gasteiger partial charge in [0.2, 0.25) is 0 Å². The van der Waals surface area contributed by atoms with Gasteiger partial charge in [-0.2, -0.15) is 0 Å². The summed E-state index contributed by atoms with van der Waals surface area (Å²) >= 11 is 0. The maximum atomic E-state index is 5.82. The summed E-state index contributed by atoms with van der Waals surface area (Å²) in [6, 6.07) is 8.18. The van der Waals surface area contributed by atoms with Crippen molar-refractivity contribution in [3.8, 4) is 5.75 Å². The fourth-order valence-electron chi connectivity index (χ4n) is 1.76. The predicted molar refractivity (Wildman–Crippen MR) is 61.9 cm³/mol. The smallest absolute Gasteiger partial charge is 0.119 e. The Kier molecular flexibility index (Phi) is 3.27. The summed E-state index contributed by atoms with van der Waals surface area (Å²) in [5.41, 5.74) is 6.96. The third kappa shape index (κ3) is 2.72. The molecule has 82 valence electrons. The Morgan fingerprint density at radius 1 is 1.47 bits per heavy atom. The van der Waals surface area contributed by atoms with Crippen LogP contribution in [0.2, 0.25) is 0 Å². The minimum atomic E-state index is 0.0808. The van der Waals surface area contributed by atoms with E-state index < -0.39 is 0 Å². The van der Waals surface area contributed by atoms with Crippen LogP contribution in [-0.4, -0.2) is 6.61 Å². The van der Waals surface area contributed by atoms with Gasteiger partial charge in [0.05, 0.1) is 6.61 Å². The van der Waals surface area contributed by atoms with Crippen LogP contribution < -0.4 is 10.5 Å². The Bertz CT molecular complexity index is 318. The lowest BCUT2D eigenvalue weighted by atomic mass is 9.86. The summed E-state index contributed by atoms with van der Waals surface area (Å²) in [5.74, 6) is 1.74. The van der Waals surface area contributed by atoms with Crippen LogP contribution in [0.4, 0.5) is 0 Å². The van der Waals surface area contributed by atoms with E-state index >= 15 is 0 Å². The van der Waals surface area contributed by atoms with Gasteiger partial charge in [0.15, 0.2) is 0 Å². The van der Waals surface area contributed by atoms with Crippen LogP contribution in [0.5, 0.6) is 5.75 Å². The van der Waals surface area contributed by atoms with Crippen molar-refractivity contribution in [2.75, 3.05) is 6.61 Å². The summed E-state index contributed by atoms with van der Waals surface area (Å²) in [7, 11) is 0. The molecule has 1 fully saturated rings. The quantitative estimate of drug-likeness (QED) is 0.820. The third-order valence-corrected chi connectivity index (χ3v) is 3.09. The summed E-state index contributed by atoms with van der Waals surface area (Å²) in [5, 5.41) is 0. The highest BCUT2D eigenvalue weighted by Crippen LogP contribution is 2.27. The van der Waals surface area contributed by atoms with E-state index in [4.69, 9.17) is 10.5 Å². The van der Waals surface area contributed by atoms with E-state index in [0.717, 1.165) is 23.8 Å². The molecule has 2 rings (SSSR count). The minimum Gasteiger partial charge on any atom is -0.493 e. The highest BCUT2D eigenvalue weighted by atomic mass is 16.5. The number of ether oxygens (including phenoxy) is 1. The zero-order valence-corrected chi connectivity index (χ0v) is 9.28. The molecule has 1 saturated carbocycles. The second-order valence-corrected chi connectivity index (χ2v) is 4.47. The van der Waals surface area contributed by atoms with E-state index in [-0.39, 0.29) is 6.04 Å². The first kappa shape index (κ1) is 10.5. The van der Waals surface area contributed by atoms with Gasteiger partial charge in [-0.3, -0.25) is 0 Å². The normalized spacial score (nSPS) is 18.3. The lowest BCUT2D eigenvalue weighted by molar-refractivity contribution is 0.180. The third-order valence-electron chi connectivity index (χ3n) is 3.09. The van der Waals surface area contributed by atoms with Gasteiger partial charge in [-0.15, -0.1) is 0 Å². The largest absolute Gasteiger partial charge is 0.493 e. The molecule has 0 heterocycles. The van der Waals surface area contributed by atoms with Gasteiger partial charge in [0.1, 0.15) is 5.75 Å². The standard InChI is InChI=1S/C13H19NO/c1-10(14)12-6-3-7-13(8-12)15-9-11-4-2-5-11/h3,6-8,10-11H,2,4-5,9,14H2,1H3/t10-/m0/s1. The Morgan fingerprint density at radius 2 is 2.27 bits per heavy atom. The Morgan fingerprint density at radius 3 is 2.87 bits per heavy atom. The summed E-state index contributed by atoms with van der Waals surface area (Å²) < 4.78 is 5.75. The molecule has 2 heteroatoms. The molecule has 0 bridgehead atoms. The van der Waals surface area contributed by atoms with E-state index in [1.165, 1.54) is 19.3 Å². The number of benzene rings is 1. The molecular formula is C13H19NO.